The summed E-state index contributed by atoms with van der Waals surface area (Å²) in [6.45, 7) is -0.927. The van der Waals surface area contributed by atoms with E-state index in [0.29, 0.717) is 11.1 Å². The average Bonchev–Trinajstić information content (AvgIpc) is 2.92. The summed E-state index contributed by atoms with van der Waals surface area (Å²) in [5.74, 6) is -2.24. The molecule has 2 aromatic carbocycles. The largest absolute Gasteiger partial charge is 0.504 e. The van der Waals surface area contributed by atoms with E-state index < -0.39 is 37.0 Å². The van der Waals surface area contributed by atoms with Crippen LogP contribution in [0, 0.1) is 0 Å². The molecule has 4 N–H and O–H groups in total. The summed E-state index contributed by atoms with van der Waals surface area (Å²) in [5.41, 5.74) is 1.16. The first-order valence-electron chi connectivity index (χ1n) is 11.2. The van der Waals surface area contributed by atoms with E-state index in [0.717, 1.165) is 12.2 Å². The van der Waals surface area contributed by atoms with Crippen LogP contribution in [0.15, 0.2) is 48.6 Å². The van der Waals surface area contributed by atoms with E-state index in [1.54, 1.807) is 12.1 Å². The third-order valence-corrected chi connectivity index (χ3v) is 4.69. The van der Waals surface area contributed by atoms with Crippen molar-refractivity contribution in [3.63, 3.8) is 0 Å². The van der Waals surface area contributed by atoms with E-state index in [4.69, 9.17) is 18.9 Å². The monoisotopic (exact) mass is 528 g/mol. The van der Waals surface area contributed by atoms with Gasteiger partial charge in [-0.2, -0.15) is 0 Å². The maximum atomic E-state index is 11.8. The lowest BCUT2D eigenvalue weighted by Gasteiger charge is -2.07. The van der Waals surface area contributed by atoms with Crippen molar-refractivity contribution >= 4 is 35.9 Å². The Kier molecular flexibility index (Phi) is 11.7. The van der Waals surface area contributed by atoms with Gasteiger partial charge in [0.15, 0.2) is 36.2 Å². The zero-order valence-corrected chi connectivity index (χ0v) is 20.8. The van der Waals surface area contributed by atoms with E-state index in [1.165, 1.54) is 50.6 Å². The quantitative estimate of drug-likeness (QED) is 0.168. The van der Waals surface area contributed by atoms with Crippen molar-refractivity contribution in [2.24, 2.45) is 0 Å². The standard InChI is InChI=1S/C26H28N2O10/c1-35-21-13-17(3-7-19(21)29)5-9-25(33)37-15-23(31)27-11-12-28-24(32)16-38-26(34)10-6-18-4-8-20(30)22(14-18)36-2/h3-10,13-14,29-30H,11-12,15-16H2,1-2H3,(H,27,31)(H,28,32)/b9-5+,10-6+. The third kappa shape index (κ3) is 10.3. The van der Waals surface area contributed by atoms with E-state index >= 15 is 0 Å². The molecule has 12 nitrogen and oxygen atoms in total. The molecule has 0 bridgehead atoms. The summed E-state index contributed by atoms with van der Waals surface area (Å²) in [4.78, 5) is 47.1. The number of esters is 2. The molecule has 0 heterocycles. The van der Waals surface area contributed by atoms with Gasteiger partial charge in [0, 0.05) is 25.2 Å². The van der Waals surface area contributed by atoms with E-state index in [9.17, 15) is 29.4 Å². The first-order chi connectivity index (χ1) is 18.2. The molecule has 0 unspecified atom stereocenters. The number of carbonyl (C=O) groups is 4. The van der Waals surface area contributed by atoms with Gasteiger partial charge in [-0.3, -0.25) is 9.59 Å². The minimum atomic E-state index is -0.749. The van der Waals surface area contributed by atoms with E-state index in [1.807, 2.05) is 0 Å². The van der Waals surface area contributed by atoms with E-state index in [2.05, 4.69) is 10.6 Å². The van der Waals surface area contributed by atoms with Crippen LogP contribution in [0.4, 0.5) is 0 Å². The molecule has 2 aromatic rings. The summed E-state index contributed by atoms with van der Waals surface area (Å²) >= 11 is 0. The molecule has 0 aliphatic heterocycles. The van der Waals surface area contributed by atoms with Crippen LogP contribution in [0.1, 0.15) is 11.1 Å². The van der Waals surface area contributed by atoms with Gasteiger partial charge in [0.05, 0.1) is 14.2 Å². The zero-order chi connectivity index (χ0) is 27.9. The summed E-state index contributed by atoms with van der Waals surface area (Å²) < 4.78 is 19.6. The number of hydrogen-bond donors (Lipinski definition) is 4. The van der Waals surface area contributed by atoms with Gasteiger partial charge >= 0.3 is 11.9 Å². The fourth-order valence-corrected chi connectivity index (χ4v) is 2.80. The number of phenols is 2. The lowest BCUT2D eigenvalue weighted by molar-refractivity contribution is -0.144. The first kappa shape index (κ1) is 29.2. The average molecular weight is 529 g/mol. The van der Waals surface area contributed by atoms with Gasteiger partial charge in [0.25, 0.3) is 11.8 Å². The predicted molar refractivity (Wildman–Crippen MR) is 135 cm³/mol. The Morgan fingerprint density at radius 2 is 1.11 bits per heavy atom. The van der Waals surface area contributed by atoms with Crippen LogP contribution in [0.2, 0.25) is 0 Å². The molecule has 0 aliphatic rings. The first-order valence-corrected chi connectivity index (χ1v) is 11.2. The summed E-state index contributed by atoms with van der Waals surface area (Å²) in [5, 5.41) is 24.0. The summed E-state index contributed by atoms with van der Waals surface area (Å²) in [6, 6.07) is 9.00. The number of methoxy groups -OCH3 is 2. The molecule has 0 saturated heterocycles. The number of phenolic OH excluding ortho intramolecular Hbond substituents is 2. The van der Waals surface area contributed by atoms with Crippen LogP contribution in [0.3, 0.4) is 0 Å². The van der Waals surface area contributed by atoms with Gasteiger partial charge in [0.1, 0.15) is 0 Å². The van der Waals surface area contributed by atoms with Gasteiger partial charge in [-0.05, 0) is 47.5 Å². The Balaban J connectivity index is 1.60. The van der Waals surface area contributed by atoms with E-state index in [-0.39, 0.29) is 36.1 Å². The smallest absolute Gasteiger partial charge is 0.331 e. The fraction of sp³-hybridized carbons (Fsp3) is 0.231. The van der Waals surface area contributed by atoms with Crippen LogP contribution < -0.4 is 20.1 Å². The maximum absolute atomic E-state index is 11.8. The van der Waals surface area contributed by atoms with Crippen LogP contribution in [0.25, 0.3) is 12.2 Å². The summed E-state index contributed by atoms with van der Waals surface area (Å²) in [7, 11) is 2.79. The molecule has 0 atom stereocenters. The zero-order valence-electron chi connectivity index (χ0n) is 20.8. The lowest BCUT2D eigenvalue weighted by Crippen LogP contribution is -2.38. The molecule has 2 amide bonds. The number of benzene rings is 2. The van der Waals surface area contributed by atoms with Crippen molar-refractivity contribution in [3.05, 3.63) is 59.7 Å². The van der Waals surface area contributed by atoms with Crippen molar-refractivity contribution in [2.75, 3.05) is 40.5 Å². The SMILES string of the molecule is COc1cc(/C=C/C(=O)OCC(=O)NCCNC(=O)COC(=O)/C=C/c2ccc(O)c(OC)c2)ccc1O. The second kappa shape index (κ2) is 15.2. The van der Waals surface area contributed by atoms with Crippen molar-refractivity contribution in [1.82, 2.24) is 10.6 Å². The number of amides is 2. The van der Waals surface area contributed by atoms with Crippen LogP contribution in [-0.4, -0.2) is 74.5 Å². The van der Waals surface area contributed by atoms with Crippen LogP contribution in [-0.2, 0) is 28.7 Å². The third-order valence-electron chi connectivity index (χ3n) is 4.69. The number of carbonyl (C=O) groups excluding carboxylic acids is 4. The normalized spacial score (nSPS) is 10.7. The molecule has 0 saturated carbocycles. The molecule has 2 rings (SSSR count). The molecule has 0 aromatic heterocycles. The second-order valence-electron chi connectivity index (χ2n) is 7.44. The van der Waals surface area contributed by atoms with Crippen LogP contribution in [0.5, 0.6) is 23.0 Å². The number of hydrogen-bond acceptors (Lipinski definition) is 10. The molecule has 12 heteroatoms. The van der Waals surface area contributed by atoms with Gasteiger partial charge in [-0.25, -0.2) is 9.59 Å². The highest BCUT2D eigenvalue weighted by molar-refractivity contribution is 5.90. The molecule has 202 valence electrons. The number of aromatic hydroxyl groups is 2. The van der Waals surface area contributed by atoms with Crippen LogP contribution >= 0.6 is 0 Å². The Bertz CT molecular complexity index is 1110. The summed E-state index contributed by atoms with van der Waals surface area (Å²) in [6.07, 6.45) is 5.12. The van der Waals surface area contributed by atoms with Crippen molar-refractivity contribution in [3.8, 4) is 23.0 Å². The Hall–Kier alpha value is -5.00. The fourth-order valence-electron chi connectivity index (χ4n) is 2.80. The highest BCUT2D eigenvalue weighted by Crippen LogP contribution is 2.27. The Morgan fingerprint density at radius 3 is 1.47 bits per heavy atom. The Morgan fingerprint density at radius 1 is 0.711 bits per heavy atom. The minimum absolute atomic E-state index is 0.0399. The molecular weight excluding hydrogens is 500 g/mol. The van der Waals surface area contributed by atoms with Crippen molar-refractivity contribution in [1.29, 1.82) is 0 Å². The molecule has 38 heavy (non-hydrogen) atoms. The van der Waals surface area contributed by atoms with Gasteiger partial charge in [-0.15, -0.1) is 0 Å². The highest BCUT2D eigenvalue weighted by atomic mass is 16.5. The number of ether oxygens (including phenoxy) is 4. The number of nitrogens with one attached hydrogen (secondary N) is 2. The van der Waals surface area contributed by atoms with Gasteiger partial charge in [-0.1, -0.05) is 12.1 Å². The molecule has 0 spiro atoms. The van der Waals surface area contributed by atoms with Gasteiger partial charge in [0.2, 0.25) is 0 Å². The topological polar surface area (TPSA) is 170 Å². The van der Waals surface area contributed by atoms with Gasteiger partial charge < -0.3 is 39.8 Å². The number of rotatable bonds is 13. The minimum Gasteiger partial charge on any atom is -0.504 e. The molecule has 0 fully saturated rings. The molecule has 0 aliphatic carbocycles. The maximum Gasteiger partial charge on any atom is 0.331 e. The molecule has 0 radical (unpaired) electrons. The predicted octanol–water partition coefficient (Wildman–Crippen LogP) is 1.16. The lowest BCUT2D eigenvalue weighted by atomic mass is 10.2. The van der Waals surface area contributed by atoms with Crippen molar-refractivity contribution in [2.45, 2.75) is 0 Å². The molecular formula is C26H28N2O10. The highest BCUT2D eigenvalue weighted by Gasteiger charge is 2.08. The second-order valence-corrected chi connectivity index (χ2v) is 7.44. The van der Waals surface area contributed by atoms with Crippen molar-refractivity contribution < 1.29 is 48.3 Å². The Labute approximate surface area is 218 Å².